The standard InChI is InChI=1S/C15H13F2N5O/c1-8-2-3-11-9(6-8)10(7-23-11)18-12-4-5-13-19-20-15(14(16)17)22(13)21-12/h2-6,10,14H,7H2,1H3,(H,18,21). The van der Waals surface area contributed by atoms with E-state index in [9.17, 15) is 8.78 Å². The number of ether oxygens (including phenoxy) is 1. The molecule has 1 aromatic carbocycles. The molecule has 3 heterocycles. The first-order valence-corrected chi connectivity index (χ1v) is 7.12. The lowest BCUT2D eigenvalue weighted by molar-refractivity contribution is 0.137. The summed E-state index contributed by atoms with van der Waals surface area (Å²) in [5, 5.41) is 14.5. The zero-order chi connectivity index (χ0) is 16.0. The number of halogens is 2. The van der Waals surface area contributed by atoms with Crippen LogP contribution in [0.15, 0.2) is 30.3 Å². The molecule has 1 N–H and O–H groups in total. The van der Waals surface area contributed by atoms with Crippen molar-refractivity contribution in [3.63, 3.8) is 0 Å². The van der Waals surface area contributed by atoms with Crippen LogP contribution in [0.1, 0.15) is 29.4 Å². The van der Waals surface area contributed by atoms with Gasteiger partial charge in [-0.3, -0.25) is 0 Å². The topological polar surface area (TPSA) is 64.3 Å². The van der Waals surface area contributed by atoms with Crippen LogP contribution in [-0.2, 0) is 0 Å². The fourth-order valence-electron chi connectivity index (χ4n) is 2.65. The van der Waals surface area contributed by atoms with E-state index in [1.807, 2.05) is 25.1 Å². The number of hydrogen-bond donors (Lipinski definition) is 1. The second kappa shape index (κ2) is 5.15. The molecule has 0 spiro atoms. The van der Waals surface area contributed by atoms with Crippen molar-refractivity contribution in [1.82, 2.24) is 19.8 Å². The number of aryl methyl sites for hydroxylation is 1. The van der Waals surface area contributed by atoms with Crippen LogP contribution in [0, 0.1) is 6.92 Å². The Morgan fingerprint density at radius 3 is 2.96 bits per heavy atom. The fraction of sp³-hybridized carbons (Fsp3) is 0.267. The van der Waals surface area contributed by atoms with E-state index in [-0.39, 0.29) is 11.7 Å². The number of hydrogen-bond acceptors (Lipinski definition) is 5. The number of fused-ring (bicyclic) bond motifs is 2. The summed E-state index contributed by atoms with van der Waals surface area (Å²) in [6, 6.07) is 9.16. The molecule has 0 aliphatic carbocycles. The molecule has 0 amide bonds. The Bertz CT molecular complexity index is 879. The maximum absolute atomic E-state index is 12.9. The predicted molar refractivity (Wildman–Crippen MR) is 78.8 cm³/mol. The number of nitrogens with one attached hydrogen (secondary N) is 1. The Morgan fingerprint density at radius 1 is 1.26 bits per heavy atom. The van der Waals surface area contributed by atoms with Gasteiger partial charge < -0.3 is 10.1 Å². The third kappa shape index (κ3) is 2.36. The quantitative estimate of drug-likeness (QED) is 0.804. The van der Waals surface area contributed by atoms with E-state index >= 15 is 0 Å². The third-order valence-corrected chi connectivity index (χ3v) is 3.75. The van der Waals surface area contributed by atoms with Gasteiger partial charge in [-0.05, 0) is 25.1 Å². The molecule has 23 heavy (non-hydrogen) atoms. The first-order valence-electron chi connectivity index (χ1n) is 7.12. The van der Waals surface area contributed by atoms with Crippen molar-refractivity contribution in [1.29, 1.82) is 0 Å². The summed E-state index contributed by atoms with van der Waals surface area (Å²) in [5.41, 5.74) is 2.44. The summed E-state index contributed by atoms with van der Waals surface area (Å²) in [6.07, 6.45) is -2.73. The number of aromatic nitrogens is 4. The number of nitrogens with zero attached hydrogens (tertiary/aromatic N) is 4. The van der Waals surface area contributed by atoms with E-state index in [2.05, 4.69) is 20.6 Å². The molecule has 0 radical (unpaired) electrons. The molecule has 118 valence electrons. The predicted octanol–water partition coefficient (Wildman–Crippen LogP) is 2.92. The van der Waals surface area contributed by atoms with Crippen molar-refractivity contribution in [2.75, 3.05) is 11.9 Å². The van der Waals surface area contributed by atoms with Gasteiger partial charge in [-0.15, -0.1) is 15.3 Å². The fourth-order valence-corrected chi connectivity index (χ4v) is 2.65. The van der Waals surface area contributed by atoms with Gasteiger partial charge >= 0.3 is 0 Å². The van der Waals surface area contributed by atoms with Crippen molar-refractivity contribution < 1.29 is 13.5 Å². The average molecular weight is 317 g/mol. The highest BCUT2D eigenvalue weighted by Gasteiger charge is 2.25. The maximum atomic E-state index is 12.9. The van der Waals surface area contributed by atoms with Crippen LogP contribution in [0.3, 0.4) is 0 Å². The Morgan fingerprint density at radius 2 is 2.13 bits per heavy atom. The van der Waals surface area contributed by atoms with Gasteiger partial charge in [0.25, 0.3) is 6.43 Å². The van der Waals surface area contributed by atoms with Gasteiger partial charge in [0.05, 0.1) is 6.04 Å². The molecule has 0 saturated heterocycles. The molecule has 0 bridgehead atoms. The SMILES string of the molecule is Cc1ccc2c(c1)C(Nc1ccc3nnc(C(F)F)n3n1)CO2. The van der Waals surface area contributed by atoms with E-state index in [1.165, 1.54) is 0 Å². The average Bonchev–Trinajstić information content (AvgIpc) is 3.11. The molecule has 1 aliphatic rings. The molecule has 1 atom stereocenters. The smallest absolute Gasteiger partial charge is 0.299 e. The summed E-state index contributed by atoms with van der Waals surface area (Å²) < 4.78 is 32.5. The van der Waals surface area contributed by atoms with Crippen LogP contribution in [0.5, 0.6) is 5.75 Å². The highest BCUT2D eigenvalue weighted by atomic mass is 19.3. The lowest BCUT2D eigenvalue weighted by atomic mass is 10.1. The number of rotatable bonds is 3. The van der Waals surface area contributed by atoms with E-state index in [0.29, 0.717) is 12.4 Å². The minimum absolute atomic E-state index is 0.0821. The molecule has 4 rings (SSSR count). The van der Waals surface area contributed by atoms with E-state index in [0.717, 1.165) is 21.4 Å². The van der Waals surface area contributed by atoms with Crippen molar-refractivity contribution in [3.05, 3.63) is 47.3 Å². The number of anilines is 1. The zero-order valence-electron chi connectivity index (χ0n) is 12.2. The normalized spacial score (nSPS) is 16.6. The van der Waals surface area contributed by atoms with E-state index in [1.54, 1.807) is 12.1 Å². The van der Waals surface area contributed by atoms with E-state index < -0.39 is 12.2 Å². The zero-order valence-corrected chi connectivity index (χ0v) is 12.2. The van der Waals surface area contributed by atoms with Gasteiger partial charge in [0.15, 0.2) is 5.65 Å². The highest BCUT2D eigenvalue weighted by Crippen LogP contribution is 2.34. The Hall–Kier alpha value is -2.77. The van der Waals surface area contributed by atoms with Crippen LogP contribution in [0.25, 0.3) is 5.65 Å². The van der Waals surface area contributed by atoms with Gasteiger partial charge in [-0.2, -0.15) is 4.52 Å². The molecule has 0 fully saturated rings. The Kier molecular flexibility index (Phi) is 3.10. The first-order chi connectivity index (χ1) is 11.1. The summed E-state index contributed by atoms with van der Waals surface area (Å²) >= 11 is 0. The van der Waals surface area contributed by atoms with Crippen molar-refractivity contribution in [2.24, 2.45) is 0 Å². The molecule has 1 aliphatic heterocycles. The molecule has 2 aromatic heterocycles. The largest absolute Gasteiger partial charge is 0.491 e. The summed E-state index contributed by atoms with van der Waals surface area (Å²) in [6.45, 7) is 2.47. The molecule has 3 aromatic rings. The third-order valence-electron chi connectivity index (χ3n) is 3.75. The first kappa shape index (κ1) is 13.9. The maximum Gasteiger partial charge on any atom is 0.299 e. The minimum Gasteiger partial charge on any atom is -0.491 e. The molecule has 1 unspecified atom stereocenters. The van der Waals surface area contributed by atoms with Gasteiger partial charge in [0.2, 0.25) is 5.82 Å². The minimum atomic E-state index is -2.73. The lowest BCUT2D eigenvalue weighted by Crippen LogP contribution is -2.14. The Labute approximate surface area is 130 Å². The van der Waals surface area contributed by atoms with Crippen LogP contribution >= 0.6 is 0 Å². The lowest BCUT2D eigenvalue weighted by Gasteiger charge is -2.12. The van der Waals surface area contributed by atoms with Gasteiger partial charge in [-0.1, -0.05) is 17.7 Å². The van der Waals surface area contributed by atoms with Crippen molar-refractivity contribution in [2.45, 2.75) is 19.4 Å². The molecular formula is C15H13F2N5O. The summed E-state index contributed by atoms with van der Waals surface area (Å²) in [5.74, 6) is 0.816. The molecule has 8 heteroatoms. The summed E-state index contributed by atoms with van der Waals surface area (Å²) in [7, 11) is 0. The Balaban J connectivity index is 1.67. The van der Waals surface area contributed by atoms with Crippen molar-refractivity contribution >= 4 is 11.5 Å². The molecule has 6 nitrogen and oxygen atoms in total. The van der Waals surface area contributed by atoms with Gasteiger partial charge in [-0.25, -0.2) is 8.78 Å². The number of alkyl halides is 2. The number of benzene rings is 1. The second-order valence-electron chi connectivity index (χ2n) is 5.40. The monoisotopic (exact) mass is 317 g/mol. The van der Waals surface area contributed by atoms with Crippen molar-refractivity contribution in [3.8, 4) is 5.75 Å². The molecule has 0 saturated carbocycles. The van der Waals surface area contributed by atoms with Gasteiger partial charge in [0, 0.05) is 5.56 Å². The summed E-state index contributed by atoms with van der Waals surface area (Å²) in [4.78, 5) is 0. The van der Waals surface area contributed by atoms with Gasteiger partial charge in [0.1, 0.15) is 18.2 Å². The van der Waals surface area contributed by atoms with E-state index in [4.69, 9.17) is 4.74 Å². The van der Waals surface area contributed by atoms with Crippen LogP contribution in [0.2, 0.25) is 0 Å². The van der Waals surface area contributed by atoms with Crippen LogP contribution < -0.4 is 10.1 Å². The second-order valence-corrected chi connectivity index (χ2v) is 5.40. The molecular weight excluding hydrogens is 304 g/mol. The van der Waals surface area contributed by atoms with Crippen LogP contribution in [-0.4, -0.2) is 26.4 Å². The van der Waals surface area contributed by atoms with Crippen LogP contribution in [0.4, 0.5) is 14.6 Å². The highest BCUT2D eigenvalue weighted by molar-refractivity contribution is 5.49.